The number of carboxylic acid groups (broad SMARTS) is 1. The number of hydrogen-bond acceptors (Lipinski definition) is 4. The van der Waals surface area contributed by atoms with Gasteiger partial charge in [-0.05, 0) is 23.8 Å². The van der Waals surface area contributed by atoms with Crippen molar-refractivity contribution in [3.8, 4) is 0 Å². The van der Waals surface area contributed by atoms with Crippen LogP contribution < -0.4 is 5.32 Å². The molecule has 1 rings (SSSR count). The second-order valence-corrected chi connectivity index (χ2v) is 7.51. The second kappa shape index (κ2) is 11.3. The van der Waals surface area contributed by atoms with Gasteiger partial charge in [0.25, 0.3) is 0 Å². The molecule has 156 valence electrons. The van der Waals surface area contributed by atoms with E-state index in [0.717, 1.165) is 5.56 Å². The zero-order valence-corrected chi connectivity index (χ0v) is 17.3. The van der Waals surface area contributed by atoms with Crippen molar-refractivity contribution >= 4 is 18.0 Å². The van der Waals surface area contributed by atoms with E-state index in [1.807, 2.05) is 51.1 Å². The molecule has 2 N–H and O–H groups in total. The summed E-state index contributed by atoms with van der Waals surface area (Å²) in [4.78, 5) is 38.0. The number of likely N-dealkylation sites (N-methyl/N-ethyl adjacent to an activating group) is 1. The number of amides is 2. The van der Waals surface area contributed by atoms with Gasteiger partial charge in [0, 0.05) is 7.05 Å². The molecule has 1 aromatic carbocycles. The maximum atomic E-state index is 12.8. The Morgan fingerprint density at radius 2 is 1.75 bits per heavy atom. The van der Waals surface area contributed by atoms with Crippen molar-refractivity contribution in [3.63, 3.8) is 0 Å². The number of ether oxygens (including phenoxy) is 1. The third kappa shape index (κ3) is 7.21. The molecule has 0 bridgehead atoms. The van der Waals surface area contributed by atoms with Gasteiger partial charge in [0.2, 0.25) is 5.91 Å². The van der Waals surface area contributed by atoms with Crippen LogP contribution in [0.25, 0.3) is 0 Å². The molecule has 0 heterocycles. The van der Waals surface area contributed by atoms with Gasteiger partial charge in [-0.1, -0.05) is 64.4 Å². The van der Waals surface area contributed by atoms with E-state index in [9.17, 15) is 19.5 Å². The Morgan fingerprint density at radius 1 is 1.14 bits per heavy atom. The molecule has 3 atom stereocenters. The van der Waals surface area contributed by atoms with Crippen LogP contribution in [0, 0.1) is 11.8 Å². The first kappa shape index (κ1) is 23.5. The van der Waals surface area contributed by atoms with Gasteiger partial charge in [-0.3, -0.25) is 9.69 Å². The molecule has 1 aromatic rings. The van der Waals surface area contributed by atoms with Crippen LogP contribution >= 0.6 is 0 Å². The quantitative estimate of drug-likeness (QED) is 0.637. The summed E-state index contributed by atoms with van der Waals surface area (Å²) in [6, 6.07) is 7.45. The molecular formula is C21H32N2O5. The van der Waals surface area contributed by atoms with Crippen molar-refractivity contribution in [1.29, 1.82) is 0 Å². The van der Waals surface area contributed by atoms with Gasteiger partial charge in [0.1, 0.15) is 18.7 Å². The Hall–Kier alpha value is -2.57. The standard InChI is InChI=1S/C21H32N2O5/c1-6-15(4)18(20(25)26)22-19(24)17(12-14(2)3)23(5)21(27)28-13-16-10-8-7-9-11-16/h7-11,14-15,17-18H,6,12-13H2,1-5H3,(H,22,24)(H,25,26)/t15-,17-,18-/m0/s1. The first-order valence-electron chi connectivity index (χ1n) is 9.64. The minimum Gasteiger partial charge on any atom is -0.480 e. The van der Waals surface area contributed by atoms with Crippen molar-refractivity contribution in [2.24, 2.45) is 11.8 Å². The number of carbonyl (C=O) groups excluding carboxylic acids is 2. The Morgan fingerprint density at radius 3 is 2.25 bits per heavy atom. The fourth-order valence-electron chi connectivity index (χ4n) is 2.77. The first-order chi connectivity index (χ1) is 13.2. The molecule has 0 saturated carbocycles. The predicted molar refractivity (Wildman–Crippen MR) is 107 cm³/mol. The molecule has 2 amide bonds. The summed E-state index contributed by atoms with van der Waals surface area (Å²) in [6.45, 7) is 7.62. The molecule has 0 fully saturated rings. The van der Waals surface area contributed by atoms with Crippen LogP contribution in [-0.4, -0.2) is 47.1 Å². The molecule has 0 aliphatic carbocycles. The lowest BCUT2D eigenvalue weighted by molar-refractivity contribution is -0.144. The normalized spacial score (nSPS) is 14.1. The fourth-order valence-corrected chi connectivity index (χ4v) is 2.77. The van der Waals surface area contributed by atoms with Gasteiger partial charge >= 0.3 is 12.1 Å². The zero-order chi connectivity index (χ0) is 21.3. The van der Waals surface area contributed by atoms with Crippen LogP contribution in [0.4, 0.5) is 4.79 Å². The van der Waals surface area contributed by atoms with E-state index >= 15 is 0 Å². The predicted octanol–water partition coefficient (Wildman–Crippen LogP) is 3.29. The highest BCUT2D eigenvalue weighted by Crippen LogP contribution is 2.15. The van der Waals surface area contributed by atoms with Gasteiger partial charge in [-0.25, -0.2) is 9.59 Å². The Kier molecular flexibility index (Phi) is 9.48. The summed E-state index contributed by atoms with van der Waals surface area (Å²) >= 11 is 0. The topological polar surface area (TPSA) is 95.9 Å². The number of aliphatic carboxylic acids is 1. The molecule has 0 aliphatic heterocycles. The molecule has 0 radical (unpaired) electrons. The van der Waals surface area contributed by atoms with Gasteiger partial charge in [0.15, 0.2) is 0 Å². The summed E-state index contributed by atoms with van der Waals surface area (Å²) in [7, 11) is 1.50. The van der Waals surface area contributed by atoms with E-state index in [2.05, 4.69) is 5.32 Å². The van der Waals surface area contributed by atoms with E-state index in [0.29, 0.717) is 12.8 Å². The average molecular weight is 392 g/mol. The van der Waals surface area contributed by atoms with E-state index < -0.39 is 30.1 Å². The van der Waals surface area contributed by atoms with E-state index in [-0.39, 0.29) is 18.4 Å². The lowest BCUT2D eigenvalue weighted by Gasteiger charge is -2.30. The summed E-state index contributed by atoms with van der Waals surface area (Å²) in [5.41, 5.74) is 0.844. The fraction of sp³-hybridized carbons (Fsp3) is 0.571. The van der Waals surface area contributed by atoms with E-state index in [4.69, 9.17) is 4.74 Å². The van der Waals surface area contributed by atoms with Gasteiger partial charge in [-0.2, -0.15) is 0 Å². The van der Waals surface area contributed by atoms with Crippen molar-refractivity contribution < 1.29 is 24.2 Å². The lowest BCUT2D eigenvalue weighted by Crippen LogP contribution is -2.54. The first-order valence-corrected chi connectivity index (χ1v) is 9.64. The summed E-state index contributed by atoms with van der Waals surface area (Å²) in [5, 5.41) is 12.0. The van der Waals surface area contributed by atoms with Crippen molar-refractivity contribution in [2.75, 3.05) is 7.05 Å². The molecule has 0 aromatic heterocycles. The number of rotatable bonds is 10. The van der Waals surface area contributed by atoms with E-state index in [1.54, 1.807) is 6.92 Å². The number of carboxylic acids is 1. The van der Waals surface area contributed by atoms with Crippen molar-refractivity contribution in [3.05, 3.63) is 35.9 Å². The van der Waals surface area contributed by atoms with Crippen LogP contribution in [0.3, 0.4) is 0 Å². The molecule has 7 heteroatoms. The van der Waals surface area contributed by atoms with Crippen LogP contribution in [0.2, 0.25) is 0 Å². The number of benzene rings is 1. The molecule has 0 aliphatic rings. The Balaban J connectivity index is 2.84. The number of nitrogens with zero attached hydrogens (tertiary/aromatic N) is 1. The highest BCUT2D eigenvalue weighted by atomic mass is 16.6. The summed E-state index contributed by atoms with van der Waals surface area (Å²) in [5.74, 6) is -1.66. The maximum absolute atomic E-state index is 12.8. The highest BCUT2D eigenvalue weighted by Gasteiger charge is 2.33. The average Bonchev–Trinajstić information content (AvgIpc) is 2.67. The van der Waals surface area contributed by atoms with Crippen molar-refractivity contribution in [2.45, 2.75) is 59.2 Å². The smallest absolute Gasteiger partial charge is 0.410 e. The molecule has 28 heavy (non-hydrogen) atoms. The Bertz CT molecular complexity index is 647. The molecule has 0 spiro atoms. The van der Waals surface area contributed by atoms with Crippen LogP contribution in [0.15, 0.2) is 30.3 Å². The molecule has 0 unspecified atom stereocenters. The van der Waals surface area contributed by atoms with Crippen LogP contribution in [-0.2, 0) is 20.9 Å². The third-order valence-electron chi connectivity index (χ3n) is 4.73. The Labute approximate surface area is 167 Å². The molecular weight excluding hydrogens is 360 g/mol. The summed E-state index contributed by atoms with van der Waals surface area (Å²) in [6.07, 6.45) is 0.386. The maximum Gasteiger partial charge on any atom is 0.410 e. The van der Waals surface area contributed by atoms with E-state index in [1.165, 1.54) is 11.9 Å². The molecule has 7 nitrogen and oxygen atoms in total. The lowest BCUT2D eigenvalue weighted by atomic mass is 9.97. The molecule has 0 saturated heterocycles. The largest absolute Gasteiger partial charge is 0.480 e. The number of hydrogen-bond donors (Lipinski definition) is 2. The third-order valence-corrected chi connectivity index (χ3v) is 4.73. The SMILES string of the molecule is CC[C@H](C)[C@H](NC(=O)[C@H](CC(C)C)N(C)C(=O)OCc1ccccc1)C(=O)O. The summed E-state index contributed by atoms with van der Waals surface area (Å²) < 4.78 is 5.31. The zero-order valence-electron chi connectivity index (χ0n) is 17.3. The van der Waals surface area contributed by atoms with Crippen LogP contribution in [0.5, 0.6) is 0 Å². The minimum atomic E-state index is -1.08. The number of carbonyl (C=O) groups is 3. The van der Waals surface area contributed by atoms with Crippen LogP contribution in [0.1, 0.15) is 46.1 Å². The monoisotopic (exact) mass is 392 g/mol. The van der Waals surface area contributed by atoms with Gasteiger partial charge < -0.3 is 15.2 Å². The number of nitrogens with one attached hydrogen (secondary N) is 1. The van der Waals surface area contributed by atoms with Gasteiger partial charge in [0.05, 0.1) is 0 Å². The van der Waals surface area contributed by atoms with Gasteiger partial charge in [-0.15, -0.1) is 0 Å². The highest BCUT2D eigenvalue weighted by molar-refractivity contribution is 5.89. The van der Waals surface area contributed by atoms with Crippen molar-refractivity contribution in [1.82, 2.24) is 10.2 Å². The second-order valence-electron chi connectivity index (χ2n) is 7.51. The minimum absolute atomic E-state index is 0.102.